The van der Waals surface area contributed by atoms with Crippen LogP contribution in [0.1, 0.15) is 30.1 Å². The molecule has 1 unspecified atom stereocenters. The van der Waals surface area contributed by atoms with Crippen molar-refractivity contribution in [1.29, 1.82) is 0 Å². The van der Waals surface area contributed by atoms with Crippen molar-refractivity contribution in [3.63, 3.8) is 0 Å². The normalized spacial score (nSPS) is 19.5. The lowest BCUT2D eigenvalue weighted by Gasteiger charge is -2.29. The van der Waals surface area contributed by atoms with Crippen molar-refractivity contribution >= 4 is 16.0 Å². The van der Waals surface area contributed by atoms with Gasteiger partial charge in [-0.25, -0.2) is 17.9 Å². The maximum Gasteiger partial charge on any atom is 0.338 e. The molecule has 7 heteroatoms. The molecular formula is C16H24N2O4S. The van der Waals surface area contributed by atoms with Gasteiger partial charge in [-0.2, -0.15) is 0 Å². The van der Waals surface area contributed by atoms with Crippen molar-refractivity contribution in [2.45, 2.75) is 24.7 Å². The molecule has 6 nitrogen and oxygen atoms in total. The van der Waals surface area contributed by atoms with Gasteiger partial charge in [0, 0.05) is 13.1 Å². The number of hydrogen-bond acceptors (Lipinski definition) is 5. The van der Waals surface area contributed by atoms with E-state index in [1.54, 1.807) is 6.92 Å². The van der Waals surface area contributed by atoms with Crippen LogP contribution < -0.4 is 4.72 Å². The summed E-state index contributed by atoms with van der Waals surface area (Å²) in [5, 5.41) is 0. The summed E-state index contributed by atoms with van der Waals surface area (Å²) in [5.41, 5.74) is 0.347. The van der Waals surface area contributed by atoms with E-state index in [9.17, 15) is 13.2 Å². The summed E-state index contributed by atoms with van der Waals surface area (Å²) in [6, 6.07) is 5.81. The topological polar surface area (TPSA) is 75.7 Å². The summed E-state index contributed by atoms with van der Waals surface area (Å²) in [4.78, 5) is 14.0. The third-order valence-electron chi connectivity index (χ3n) is 3.96. The number of hydrogen-bond donors (Lipinski definition) is 1. The number of benzene rings is 1. The van der Waals surface area contributed by atoms with Crippen LogP contribution in [0.5, 0.6) is 0 Å². The first kappa shape index (κ1) is 17.9. The third kappa shape index (κ3) is 5.02. The Labute approximate surface area is 137 Å². The Morgan fingerprint density at radius 2 is 2.04 bits per heavy atom. The van der Waals surface area contributed by atoms with Crippen LogP contribution in [0.25, 0.3) is 0 Å². The van der Waals surface area contributed by atoms with Crippen molar-refractivity contribution in [1.82, 2.24) is 9.62 Å². The van der Waals surface area contributed by atoms with Crippen molar-refractivity contribution in [2.75, 3.05) is 33.3 Å². The molecule has 1 heterocycles. The van der Waals surface area contributed by atoms with Crippen molar-refractivity contribution in [3.8, 4) is 0 Å². The average molecular weight is 340 g/mol. The van der Waals surface area contributed by atoms with Gasteiger partial charge in [-0.3, -0.25) is 0 Å². The van der Waals surface area contributed by atoms with Crippen LogP contribution in [0.3, 0.4) is 0 Å². The van der Waals surface area contributed by atoms with Crippen LogP contribution in [-0.4, -0.2) is 52.6 Å². The van der Waals surface area contributed by atoms with Crippen molar-refractivity contribution in [3.05, 3.63) is 29.8 Å². The molecule has 128 valence electrons. The first-order valence-electron chi connectivity index (χ1n) is 7.87. The molecule has 0 aliphatic carbocycles. The lowest BCUT2D eigenvalue weighted by molar-refractivity contribution is 0.0526. The second kappa shape index (κ2) is 7.90. The van der Waals surface area contributed by atoms with E-state index in [4.69, 9.17) is 4.74 Å². The highest BCUT2D eigenvalue weighted by Gasteiger charge is 2.21. The van der Waals surface area contributed by atoms with Crippen LogP contribution in [0.4, 0.5) is 0 Å². The maximum absolute atomic E-state index is 12.3. The van der Waals surface area contributed by atoms with Gasteiger partial charge < -0.3 is 9.64 Å². The molecule has 1 atom stereocenters. The Bertz CT molecular complexity index is 628. The summed E-state index contributed by atoms with van der Waals surface area (Å²) in [7, 11) is -1.50. The molecule has 2 rings (SSSR count). The summed E-state index contributed by atoms with van der Waals surface area (Å²) in [5.74, 6) is -0.114. The van der Waals surface area contributed by atoms with Crippen LogP contribution in [-0.2, 0) is 14.8 Å². The Kier molecular flexibility index (Phi) is 6.15. The summed E-state index contributed by atoms with van der Waals surface area (Å²) < 4.78 is 32.2. The summed E-state index contributed by atoms with van der Waals surface area (Å²) >= 11 is 0. The fraction of sp³-hybridized carbons (Fsp3) is 0.562. The van der Waals surface area contributed by atoms with Crippen molar-refractivity contribution in [2.24, 2.45) is 5.92 Å². The fourth-order valence-electron chi connectivity index (χ4n) is 2.74. The van der Waals surface area contributed by atoms with E-state index in [2.05, 4.69) is 16.7 Å². The van der Waals surface area contributed by atoms with Gasteiger partial charge in [0.2, 0.25) is 10.0 Å². The molecule has 0 radical (unpaired) electrons. The highest BCUT2D eigenvalue weighted by Crippen LogP contribution is 2.16. The number of ether oxygens (including phenoxy) is 1. The number of carbonyl (C=O) groups excluding carboxylic acids is 1. The number of esters is 1. The third-order valence-corrected chi connectivity index (χ3v) is 5.40. The van der Waals surface area contributed by atoms with E-state index in [-0.39, 0.29) is 11.5 Å². The molecule has 0 saturated carbocycles. The molecule has 0 spiro atoms. The van der Waals surface area contributed by atoms with Gasteiger partial charge in [0.1, 0.15) is 0 Å². The molecule has 0 amide bonds. The average Bonchev–Trinajstić information content (AvgIpc) is 2.53. The Morgan fingerprint density at radius 3 is 2.65 bits per heavy atom. The lowest BCUT2D eigenvalue weighted by Crippen LogP contribution is -2.39. The molecule has 1 saturated heterocycles. The molecule has 1 aliphatic rings. The zero-order valence-corrected chi connectivity index (χ0v) is 14.4. The molecule has 1 fully saturated rings. The molecule has 0 aromatic heterocycles. The zero-order chi connectivity index (χ0) is 16.9. The molecule has 1 N–H and O–H groups in total. The van der Waals surface area contributed by atoms with Crippen LogP contribution in [0.15, 0.2) is 29.2 Å². The monoisotopic (exact) mass is 340 g/mol. The second-order valence-corrected chi connectivity index (χ2v) is 7.63. The van der Waals surface area contributed by atoms with Gasteiger partial charge in [0.25, 0.3) is 0 Å². The molecule has 0 bridgehead atoms. The van der Waals surface area contributed by atoms with E-state index in [0.717, 1.165) is 25.9 Å². The van der Waals surface area contributed by atoms with E-state index in [1.807, 2.05) is 0 Å². The molecular weight excluding hydrogens is 316 g/mol. The lowest BCUT2D eigenvalue weighted by atomic mass is 9.99. The van der Waals surface area contributed by atoms with E-state index < -0.39 is 16.0 Å². The van der Waals surface area contributed by atoms with Crippen molar-refractivity contribution < 1.29 is 17.9 Å². The molecule has 1 aromatic carbocycles. The summed E-state index contributed by atoms with van der Waals surface area (Å²) in [6.45, 7) is 4.43. The minimum absolute atomic E-state index is 0.162. The number of nitrogens with zero attached hydrogens (tertiary/aromatic N) is 1. The minimum Gasteiger partial charge on any atom is -0.462 e. The van der Waals surface area contributed by atoms with Gasteiger partial charge in [0.15, 0.2) is 0 Å². The zero-order valence-electron chi connectivity index (χ0n) is 13.6. The molecule has 1 aliphatic heterocycles. The fourth-order valence-corrected chi connectivity index (χ4v) is 3.85. The minimum atomic E-state index is -3.55. The molecule has 1 aromatic rings. The first-order valence-corrected chi connectivity index (χ1v) is 9.36. The number of rotatable bonds is 6. The van der Waals surface area contributed by atoms with Gasteiger partial charge in [0.05, 0.1) is 17.1 Å². The van der Waals surface area contributed by atoms with Gasteiger partial charge in [-0.1, -0.05) is 0 Å². The Morgan fingerprint density at radius 1 is 1.35 bits per heavy atom. The van der Waals surface area contributed by atoms with Crippen LogP contribution in [0, 0.1) is 5.92 Å². The van der Waals surface area contributed by atoms with Gasteiger partial charge in [-0.05, 0) is 63.5 Å². The standard InChI is InChI=1S/C16H24N2O4S/c1-3-22-16(19)14-6-8-15(9-7-14)23(20,21)17-11-13-5-4-10-18(2)12-13/h6-9,13,17H,3-5,10-12H2,1-2H3. The van der Waals surface area contributed by atoms with E-state index in [1.165, 1.54) is 24.3 Å². The predicted octanol–water partition coefficient (Wildman–Crippen LogP) is 1.48. The summed E-state index contributed by atoms with van der Waals surface area (Å²) in [6.07, 6.45) is 2.13. The Balaban J connectivity index is 1.97. The van der Waals surface area contributed by atoms with Crippen LogP contribution in [0.2, 0.25) is 0 Å². The van der Waals surface area contributed by atoms with Gasteiger partial charge in [-0.15, -0.1) is 0 Å². The Hall–Kier alpha value is -1.44. The SMILES string of the molecule is CCOC(=O)c1ccc(S(=O)(=O)NCC2CCCN(C)C2)cc1. The smallest absolute Gasteiger partial charge is 0.338 e. The first-order chi connectivity index (χ1) is 10.9. The highest BCUT2D eigenvalue weighted by atomic mass is 32.2. The second-order valence-electron chi connectivity index (χ2n) is 5.87. The quantitative estimate of drug-likeness (QED) is 0.794. The highest BCUT2D eigenvalue weighted by molar-refractivity contribution is 7.89. The predicted molar refractivity (Wildman–Crippen MR) is 87.8 cm³/mol. The molecule has 23 heavy (non-hydrogen) atoms. The number of nitrogens with one attached hydrogen (secondary N) is 1. The van der Waals surface area contributed by atoms with E-state index in [0.29, 0.717) is 18.0 Å². The number of sulfonamides is 1. The van der Waals surface area contributed by atoms with Crippen LogP contribution >= 0.6 is 0 Å². The maximum atomic E-state index is 12.3. The number of piperidine rings is 1. The number of likely N-dealkylation sites (tertiary alicyclic amines) is 1. The van der Waals surface area contributed by atoms with Gasteiger partial charge >= 0.3 is 5.97 Å². The number of carbonyl (C=O) groups is 1. The van der Waals surface area contributed by atoms with E-state index >= 15 is 0 Å². The largest absolute Gasteiger partial charge is 0.462 e.